The molecule has 112 valence electrons. The molecule has 0 spiro atoms. The summed E-state index contributed by atoms with van der Waals surface area (Å²) < 4.78 is 0.621. The Bertz CT molecular complexity index is 479. The van der Waals surface area contributed by atoms with E-state index >= 15 is 0 Å². The van der Waals surface area contributed by atoms with Crippen LogP contribution in [0.2, 0.25) is 4.34 Å². The first-order chi connectivity index (χ1) is 9.17. The minimum atomic E-state index is -0.994. The minimum Gasteiger partial charge on any atom is -0.480 e. The van der Waals surface area contributed by atoms with Gasteiger partial charge in [-0.3, -0.25) is 4.79 Å². The Labute approximate surface area is 128 Å². The minimum absolute atomic E-state index is 0.0414. The largest absolute Gasteiger partial charge is 0.480 e. The molecule has 0 aromatic carbocycles. The lowest BCUT2D eigenvalue weighted by molar-refractivity contribution is -0.142. The average Bonchev–Trinajstić information content (AvgIpc) is 2.68. The van der Waals surface area contributed by atoms with Crippen LogP contribution in [0.1, 0.15) is 38.5 Å². The summed E-state index contributed by atoms with van der Waals surface area (Å²) in [4.78, 5) is 23.9. The molecular weight excluding hydrogens is 298 g/mol. The Balaban J connectivity index is 2.52. The summed E-state index contributed by atoms with van der Waals surface area (Å²) in [6, 6.07) is 2.66. The van der Waals surface area contributed by atoms with E-state index in [0.717, 1.165) is 11.3 Å². The summed E-state index contributed by atoms with van der Waals surface area (Å²) in [6.45, 7) is 6.13. The fourth-order valence-corrected chi connectivity index (χ4v) is 2.77. The number of amides is 1. The average molecular weight is 318 g/mol. The second-order valence-electron chi connectivity index (χ2n) is 5.94. The molecule has 1 aromatic heterocycles. The standard InChI is InChI=1S/C14H20ClNO3S/c1-14(2,3)7-6-10(13(18)19)16-12(17)8-9-4-5-11(15)20-9/h4-5,10H,6-8H2,1-3H3,(H,16,17)(H,18,19). The van der Waals surface area contributed by atoms with Crippen molar-refractivity contribution in [1.82, 2.24) is 5.32 Å². The van der Waals surface area contributed by atoms with Gasteiger partial charge in [-0.1, -0.05) is 32.4 Å². The number of hydrogen-bond donors (Lipinski definition) is 2. The van der Waals surface area contributed by atoms with Gasteiger partial charge in [-0.15, -0.1) is 11.3 Å². The van der Waals surface area contributed by atoms with Crippen LogP contribution in [0.15, 0.2) is 12.1 Å². The number of carboxylic acids is 1. The summed E-state index contributed by atoms with van der Waals surface area (Å²) >= 11 is 7.12. The summed E-state index contributed by atoms with van der Waals surface area (Å²) in [6.07, 6.45) is 1.32. The van der Waals surface area contributed by atoms with Crippen LogP contribution in [0.25, 0.3) is 0 Å². The van der Waals surface area contributed by atoms with Crippen LogP contribution >= 0.6 is 22.9 Å². The Hall–Kier alpha value is -1.07. The summed E-state index contributed by atoms with van der Waals surface area (Å²) in [5.41, 5.74) is 0.0414. The van der Waals surface area contributed by atoms with Gasteiger partial charge in [-0.2, -0.15) is 0 Å². The van der Waals surface area contributed by atoms with Crippen LogP contribution < -0.4 is 5.32 Å². The van der Waals surface area contributed by atoms with E-state index in [4.69, 9.17) is 16.7 Å². The molecular formula is C14H20ClNO3S. The van der Waals surface area contributed by atoms with Crippen molar-refractivity contribution in [3.8, 4) is 0 Å². The summed E-state index contributed by atoms with van der Waals surface area (Å²) in [5, 5.41) is 11.7. The Morgan fingerprint density at radius 1 is 1.40 bits per heavy atom. The zero-order chi connectivity index (χ0) is 15.3. The number of thiophene rings is 1. The van der Waals surface area contributed by atoms with E-state index in [9.17, 15) is 9.59 Å². The molecule has 2 N–H and O–H groups in total. The van der Waals surface area contributed by atoms with E-state index < -0.39 is 12.0 Å². The molecule has 0 fully saturated rings. The molecule has 0 aliphatic heterocycles. The van der Waals surface area contributed by atoms with Crippen LogP contribution in [0, 0.1) is 5.41 Å². The molecule has 0 saturated heterocycles. The maximum Gasteiger partial charge on any atom is 0.326 e. The van der Waals surface area contributed by atoms with Crippen LogP contribution in [0.5, 0.6) is 0 Å². The normalized spacial score (nSPS) is 13.0. The van der Waals surface area contributed by atoms with E-state index in [-0.39, 0.29) is 17.7 Å². The van der Waals surface area contributed by atoms with Crippen LogP contribution in [-0.2, 0) is 16.0 Å². The lowest BCUT2D eigenvalue weighted by atomic mass is 9.88. The lowest BCUT2D eigenvalue weighted by Crippen LogP contribution is -2.41. The number of halogens is 1. The van der Waals surface area contributed by atoms with Gasteiger partial charge in [0.25, 0.3) is 0 Å². The Kier molecular flexibility index (Phi) is 6.02. The molecule has 1 aromatic rings. The van der Waals surface area contributed by atoms with Gasteiger partial charge < -0.3 is 10.4 Å². The molecule has 1 heterocycles. The van der Waals surface area contributed by atoms with E-state index in [1.54, 1.807) is 12.1 Å². The highest BCUT2D eigenvalue weighted by atomic mass is 35.5. The van der Waals surface area contributed by atoms with Crippen molar-refractivity contribution in [2.45, 2.75) is 46.1 Å². The van der Waals surface area contributed by atoms with Crippen molar-refractivity contribution in [1.29, 1.82) is 0 Å². The topological polar surface area (TPSA) is 66.4 Å². The van der Waals surface area contributed by atoms with Crippen molar-refractivity contribution in [3.05, 3.63) is 21.3 Å². The summed E-state index contributed by atoms with van der Waals surface area (Å²) in [5.74, 6) is -1.28. The molecule has 1 unspecified atom stereocenters. The van der Waals surface area contributed by atoms with Gasteiger partial charge in [-0.25, -0.2) is 4.79 Å². The molecule has 1 amide bonds. The van der Waals surface area contributed by atoms with Gasteiger partial charge in [0.2, 0.25) is 5.91 Å². The number of carboxylic acid groups (broad SMARTS) is 1. The van der Waals surface area contributed by atoms with Crippen LogP contribution in [0.4, 0.5) is 0 Å². The molecule has 0 aliphatic rings. The predicted molar refractivity (Wildman–Crippen MR) is 81.3 cm³/mol. The fraction of sp³-hybridized carbons (Fsp3) is 0.571. The summed E-state index contributed by atoms with van der Waals surface area (Å²) in [7, 11) is 0. The quantitative estimate of drug-likeness (QED) is 0.845. The zero-order valence-corrected chi connectivity index (χ0v) is 13.5. The predicted octanol–water partition coefficient (Wildman–Crippen LogP) is 3.34. The highest BCUT2D eigenvalue weighted by Crippen LogP contribution is 2.23. The molecule has 1 rings (SSSR count). The van der Waals surface area contributed by atoms with Crippen LogP contribution in [0.3, 0.4) is 0 Å². The molecule has 6 heteroatoms. The van der Waals surface area contributed by atoms with E-state index in [0.29, 0.717) is 10.8 Å². The van der Waals surface area contributed by atoms with Crippen LogP contribution in [-0.4, -0.2) is 23.0 Å². The molecule has 0 saturated carbocycles. The number of nitrogens with one attached hydrogen (secondary N) is 1. The third kappa shape index (κ3) is 6.39. The number of rotatable bonds is 6. The fourth-order valence-electron chi connectivity index (χ4n) is 1.69. The zero-order valence-electron chi connectivity index (χ0n) is 11.9. The molecule has 20 heavy (non-hydrogen) atoms. The van der Waals surface area contributed by atoms with Gasteiger partial charge in [0.05, 0.1) is 10.8 Å². The SMILES string of the molecule is CC(C)(C)CCC(NC(=O)Cc1ccc(Cl)s1)C(=O)O. The van der Waals surface area contributed by atoms with Gasteiger partial charge in [0, 0.05) is 4.88 Å². The van der Waals surface area contributed by atoms with E-state index in [1.165, 1.54) is 11.3 Å². The van der Waals surface area contributed by atoms with Crippen molar-refractivity contribution >= 4 is 34.8 Å². The third-order valence-corrected chi connectivity index (χ3v) is 4.01. The second kappa shape index (κ2) is 7.09. The van der Waals surface area contributed by atoms with Crippen molar-refractivity contribution in [2.75, 3.05) is 0 Å². The Morgan fingerprint density at radius 2 is 2.05 bits per heavy atom. The number of carbonyl (C=O) groups excluding carboxylic acids is 1. The van der Waals surface area contributed by atoms with E-state index in [1.807, 2.05) is 20.8 Å². The first-order valence-electron chi connectivity index (χ1n) is 6.44. The molecule has 0 radical (unpaired) electrons. The monoisotopic (exact) mass is 317 g/mol. The highest BCUT2D eigenvalue weighted by molar-refractivity contribution is 7.16. The first-order valence-corrected chi connectivity index (χ1v) is 7.63. The van der Waals surface area contributed by atoms with Crippen molar-refractivity contribution in [2.24, 2.45) is 5.41 Å². The highest BCUT2D eigenvalue weighted by Gasteiger charge is 2.22. The maximum atomic E-state index is 11.9. The lowest BCUT2D eigenvalue weighted by Gasteiger charge is -2.21. The maximum absolute atomic E-state index is 11.9. The molecule has 1 atom stereocenters. The first kappa shape index (κ1) is 17.0. The number of carbonyl (C=O) groups is 2. The number of hydrogen-bond acceptors (Lipinski definition) is 3. The second-order valence-corrected chi connectivity index (χ2v) is 7.74. The number of aliphatic carboxylic acids is 1. The molecule has 0 bridgehead atoms. The van der Waals surface area contributed by atoms with Gasteiger partial charge in [0.1, 0.15) is 6.04 Å². The molecule has 4 nitrogen and oxygen atoms in total. The smallest absolute Gasteiger partial charge is 0.326 e. The van der Waals surface area contributed by atoms with Gasteiger partial charge in [0.15, 0.2) is 0 Å². The van der Waals surface area contributed by atoms with Gasteiger partial charge in [-0.05, 0) is 30.4 Å². The Morgan fingerprint density at radius 3 is 2.50 bits per heavy atom. The van der Waals surface area contributed by atoms with Crippen molar-refractivity contribution < 1.29 is 14.7 Å². The van der Waals surface area contributed by atoms with E-state index in [2.05, 4.69) is 5.32 Å². The van der Waals surface area contributed by atoms with Crippen molar-refractivity contribution in [3.63, 3.8) is 0 Å². The molecule has 0 aliphatic carbocycles. The van der Waals surface area contributed by atoms with Gasteiger partial charge >= 0.3 is 5.97 Å². The third-order valence-electron chi connectivity index (χ3n) is 2.78.